The monoisotopic (exact) mass is 263 g/mol. The van der Waals surface area contributed by atoms with Crippen molar-refractivity contribution in [1.82, 2.24) is 9.78 Å². The van der Waals surface area contributed by atoms with E-state index in [1.807, 2.05) is 13.8 Å². The summed E-state index contributed by atoms with van der Waals surface area (Å²) in [5.41, 5.74) is 7.08. The molecule has 2 rings (SSSR count). The van der Waals surface area contributed by atoms with Gasteiger partial charge >= 0.3 is 0 Å². The second-order valence-electron chi connectivity index (χ2n) is 4.30. The number of para-hydroxylation sites is 1. The second kappa shape index (κ2) is 4.82. The van der Waals surface area contributed by atoms with Gasteiger partial charge in [0.1, 0.15) is 5.69 Å². The Morgan fingerprint density at radius 3 is 2.67 bits per heavy atom. The maximum atomic E-state index is 12.4. The third-order valence-corrected chi connectivity index (χ3v) is 2.94. The smallest absolute Gasteiger partial charge is 0.214 e. The average Bonchev–Trinajstić information content (AvgIpc) is 2.71. The minimum atomic E-state index is -0.204. The summed E-state index contributed by atoms with van der Waals surface area (Å²) >= 11 is 6.04. The summed E-state index contributed by atoms with van der Waals surface area (Å²) in [5, 5.41) is 4.46. The number of nitrogens with two attached hydrogens (primary N) is 1. The number of rotatable bonds is 3. The molecule has 0 fully saturated rings. The first-order valence-corrected chi connectivity index (χ1v) is 6.02. The van der Waals surface area contributed by atoms with Crippen LogP contribution in [0.3, 0.4) is 0 Å². The fourth-order valence-electron chi connectivity index (χ4n) is 1.78. The highest BCUT2D eigenvalue weighted by atomic mass is 35.5. The van der Waals surface area contributed by atoms with E-state index in [1.165, 1.54) is 6.20 Å². The Hall–Kier alpha value is -1.81. The van der Waals surface area contributed by atoms with Gasteiger partial charge in [0.25, 0.3) is 0 Å². The number of nitrogen functional groups attached to an aromatic ring is 1. The van der Waals surface area contributed by atoms with Crippen molar-refractivity contribution in [3.05, 3.63) is 46.7 Å². The number of carbonyl (C=O) groups is 1. The van der Waals surface area contributed by atoms with E-state index in [2.05, 4.69) is 5.10 Å². The van der Waals surface area contributed by atoms with E-state index in [0.717, 1.165) is 0 Å². The summed E-state index contributed by atoms with van der Waals surface area (Å²) in [6.45, 7) is 3.88. The molecule has 0 saturated heterocycles. The quantitative estimate of drug-likeness (QED) is 0.684. The summed E-state index contributed by atoms with van der Waals surface area (Å²) in [5.74, 6) is -0.204. The number of halogens is 1. The van der Waals surface area contributed by atoms with Crippen molar-refractivity contribution >= 4 is 23.1 Å². The summed E-state index contributed by atoms with van der Waals surface area (Å²) < 4.78 is 1.61. The zero-order valence-electron chi connectivity index (χ0n) is 10.2. The zero-order valence-corrected chi connectivity index (χ0v) is 11.0. The van der Waals surface area contributed by atoms with Crippen LogP contribution in [0.1, 0.15) is 35.9 Å². The third kappa shape index (κ3) is 2.11. The Morgan fingerprint density at radius 2 is 2.06 bits per heavy atom. The molecule has 1 aromatic carbocycles. The molecule has 1 aromatic heterocycles. The Bertz CT molecular complexity index is 590. The molecule has 0 saturated carbocycles. The van der Waals surface area contributed by atoms with Crippen molar-refractivity contribution in [1.29, 1.82) is 0 Å². The SMILES string of the molecule is CC(C)n1ncc(Cl)c1C(=O)c1ccccc1N. The van der Waals surface area contributed by atoms with Gasteiger partial charge in [0.15, 0.2) is 0 Å². The Morgan fingerprint density at radius 1 is 1.39 bits per heavy atom. The first-order valence-electron chi connectivity index (χ1n) is 5.64. The first kappa shape index (κ1) is 12.6. The molecule has 0 aliphatic rings. The number of ketones is 1. The van der Waals surface area contributed by atoms with E-state index in [4.69, 9.17) is 17.3 Å². The molecule has 5 heteroatoms. The fourth-order valence-corrected chi connectivity index (χ4v) is 1.99. The van der Waals surface area contributed by atoms with E-state index in [9.17, 15) is 4.79 Å². The van der Waals surface area contributed by atoms with Crippen LogP contribution in [0.4, 0.5) is 5.69 Å². The molecule has 0 unspecified atom stereocenters. The Labute approximate surface area is 110 Å². The van der Waals surface area contributed by atoms with Gasteiger partial charge in [0.2, 0.25) is 5.78 Å². The summed E-state index contributed by atoms with van der Waals surface area (Å²) in [6, 6.07) is 6.99. The van der Waals surface area contributed by atoms with Crippen LogP contribution < -0.4 is 5.73 Å². The van der Waals surface area contributed by atoms with Gasteiger partial charge in [-0.25, -0.2) is 0 Å². The highest BCUT2D eigenvalue weighted by Crippen LogP contribution is 2.24. The normalized spacial score (nSPS) is 10.9. The van der Waals surface area contributed by atoms with Crippen LogP contribution in [0.25, 0.3) is 0 Å². The number of hydrogen-bond acceptors (Lipinski definition) is 3. The molecule has 0 aliphatic heterocycles. The van der Waals surface area contributed by atoms with E-state index in [0.29, 0.717) is 22.0 Å². The lowest BCUT2D eigenvalue weighted by molar-refractivity contribution is 0.102. The number of benzene rings is 1. The third-order valence-electron chi connectivity index (χ3n) is 2.66. The van der Waals surface area contributed by atoms with Crippen molar-refractivity contribution in [3.63, 3.8) is 0 Å². The van der Waals surface area contributed by atoms with Gasteiger partial charge in [0, 0.05) is 17.3 Å². The lowest BCUT2D eigenvalue weighted by Gasteiger charge is -2.11. The molecular weight excluding hydrogens is 250 g/mol. The van der Waals surface area contributed by atoms with E-state index >= 15 is 0 Å². The molecule has 0 aliphatic carbocycles. The van der Waals surface area contributed by atoms with Crippen LogP contribution in [-0.2, 0) is 0 Å². The molecule has 2 N–H and O–H groups in total. The van der Waals surface area contributed by atoms with Gasteiger partial charge in [-0.15, -0.1) is 0 Å². The van der Waals surface area contributed by atoms with E-state index in [-0.39, 0.29) is 11.8 Å². The van der Waals surface area contributed by atoms with Gasteiger partial charge in [0.05, 0.1) is 11.2 Å². The minimum absolute atomic E-state index is 0.0568. The predicted octanol–water partition coefficient (Wildman–Crippen LogP) is 2.93. The molecule has 0 atom stereocenters. The van der Waals surface area contributed by atoms with Crippen molar-refractivity contribution in [3.8, 4) is 0 Å². The number of anilines is 1. The van der Waals surface area contributed by atoms with Crippen LogP contribution in [0.5, 0.6) is 0 Å². The molecule has 1 heterocycles. The maximum Gasteiger partial charge on any atom is 0.214 e. The lowest BCUT2D eigenvalue weighted by atomic mass is 10.1. The van der Waals surface area contributed by atoms with Crippen molar-refractivity contribution in [2.45, 2.75) is 19.9 Å². The van der Waals surface area contributed by atoms with Gasteiger partial charge in [-0.1, -0.05) is 23.7 Å². The Kier molecular flexibility index (Phi) is 3.39. The van der Waals surface area contributed by atoms with E-state index in [1.54, 1.807) is 28.9 Å². The predicted molar refractivity (Wildman–Crippen MR) is 71.9 cm³/mol. The molecule has 18 heavy (non-hydrogen) atoms. The second-order valence-corrected chi connectivity index (χ2v) is 4.70. The zero-order chi connectivity index (χ0) is 13.3. The van der Waals surface area contributed by atoms with Gasteiger partial charge < -0.3 is 5.73 Å². The van der Waals surface area contributed by atoms with Crippen molar-refractivity contribution in [2.24, 2.45) is 0 Å². The minimum Gasteiger partial charge on any atom is -0.398 e. The number of aromatic nitrogens is 2. The first-order chi connectivity index (χ1) is 8.52. The largest absolute Gasteiger partial charge is 0.398 e. The molecule has 0 radical (unpaired) electrons. The fraction of sp³-hybridized carbons (Fsp3) is 0.231. The van der Waals surface area contributed by atoms with Gasteiger partial charge in [-0.3, -0.25) is 9.48 Å². The van der Waals surface area contributed by atoms with Crippen LogP contribution >= 0.6 is 11.6 Å². The van der Waals surface area contributed by atoms with Crippen LogP contribution in [0.2, 0.25) is 5.02 Å². The molecule has 2 aromatic rings. The highest BCUT2D eigenvalue weighted by molar-refractivity contribution is 6.34. The summed E-state index contributed by atoms with van der Waals surface area (Å²) in [6.07, 6.45) is 1.48. The maximum absolute atomic E-state index is 12.4. The van der Waals surface area contributed by atoms with Crippen LogP contribution in [0.15, 0.2) is 30.5 Å². The number of nitrogens with zero attached hydrogens (tertiary/aromatic N) is 2. The van der Waals surface area contributed by atoms with Gasteiger partial charge in [-0.05, 0) is 26.0 Å². The molecule has 4 nitrogen and oxygen atoms in total. The number of carbonyl (C=O) groups excluding carboxylic acids is 1. The lowest BCUT2D eigenvalue weighted by Crippen LogP contribution is -2.15. The topological polar surface area (TPSA) is 60.9 Å². The molecule has 94 valence electrons. The highest BCUT2D eigenvalue weighted by Gasteiger charge is 2.21. The van der Waals surface area contributed by atoms with Crippen molar-refractivity contribution in [2.75, 3.05) is 5.73 Å². The molecular formula is C13H14ClN3O. The molecule has 0 bridgehead atoms. The summed E-state index contributed by atoms with van der Waals surface area (Å²) in [4.78, 5) is 12.4. The molecule has 0 spiro atoms. The number of hydrogen-bond donors (Lipinski definition) is 1. The van der Waals surface area contributed by atoms with Crippen molar-refractivity contribution < 1.29 is 4.79 Å². The summed E-state index contributed by atoms with van der Waals surface area (Å²) in [7, 11) is 0. The Balaban J connectivity index is 2.53. The average molecular weight is 264 g/mol. The van der Waals surface area contributed by atoms with Crippen LogP contribution in [-0.4, -0.2) is 15.6 Å². The van der Waals surface area contributed by atoms with Crippen LogP contribution in [0, 0.1) is 0 Å². The van der Waals surface area contributed by atoms with E-state index < -0.39 is 0 Å². The van der Waals surface area contributed by atoms with Gasteiger partial charge in [-0.2, -0.15) is 5.10 Å². The molecule has 0 amide bonds. The standard InChI is InChI=1S/C13H14ClN3O/c1-8(2)17-12(10(14)7-16-17)13(18)9-5-3-4-6-11(9)15/h3-8H,15H2,1-2H3.